The van der Waals surface area contributed by atoms with Crippen LogP contribution in [-0.4, -0.2) is 102 Å². The Hall–Kier alpha value is -2.89. The SMILES string of the molecule is CCOCCOCCOCCN(CCOc1ccc(C(O)C(=O)c2ccc(OC)c(OC)c2)cc1OC)C(C)C. The number of methoxy groups -OCH3 is 3. The number of benzene rings is 2. The van der Waals surface area contributed by atoms with Crippen LogP contribution in [0.1, 0.15) is 42.8 Å². The second-order valence-electron chi connectivity index (χ2n) is 9.15. The lowest BCUT2D eigenvalue weighted by molar-refractivity contribution is 0.0103. The van der Waals surface area contributed by atoms with Crippen molar-refractivity contribution in [1.82, 2.24) is 4.90 Å². The van der Waals surface area contributed by atoms with Crippen molar-refractivity contribution in [1.29, 1.82) is 0 Å². The van der Waals surface area contributed by atoms with Crippen LogP contribution in [0.4, 0.5) is 0 Å². The van der Waals surface area contributed by atoms with Crippen LogP contribution in [0.2, 0.25) is 0 Å². The number of carbonyl (C=O) groups excluding carboxylic acids is 1. The van der Waals surface area contributed by atoms with Crippen molar-refractivity contribution in [3.05, 3.63) is 47.5 Å². The molecule has 0 bridgehead atoms. The molecule has 1 unspecified atom stereocenters. The van der Waals surface area contributed by atoms with Crippen LogP contribution in [-0.2, 0) is 14.2 Å². The molecule has 2 aromatic rings. The number of Topliss-reactive ketones (excluding diaryl/α,β-unsaturated/α-hetero) is 1. The van der Waals surface area contributed by atoms with Crippen molar-refractivity contribution in [2.45, 2.75) is 32.9 Å². The molecule has 0 amide bonds. The van der Waals surface area contributed by atoms with Gasteiger partial charge in [0.2, 0.25) is 0 Å². The molecule has 0 saturated carbocycles. The predicted octanol–water partition coefficient (Wildman–Crippen LogP) is 3.79. The molecule has 40 heavy (non-hydrogen) atoms. The second-order valence-corrected chi connectivity index (χ2v) is 9.15. The molecule has 0 aliphatic carbocycles. The summed E-state index contributed by atoms with van der Waals surface area (Å²) in [7, 11) is 4.53. The highest BCUT2D eigenvalue weighted by molar-refractivity contribution is 6.00. The number of hydrogen-bond donors (Lipinski definition) is 1. The number of rotatable bonds is 21. The van der Waals surface area contributed by atoms with Gasteiger partial charge in [-0.1, -0.05) is 6.07 Å². The highest BCUT2D eigenvalue weighted by atomic mass is 16.5. The Morgan fingerprint density at radius 2 is 1.32 bits per heavy atom. The fourth-order valence-electron chi connectivity index (χ4n) is 3.94. The van der Waals surface area contributed by atoms with E-state index in [0.717, 1.165) is 6.54 Å². The summed E-state index contributed by atoms with van der Waals surface area (Å²) in [6.07, 6.45) is -1.38. The molecule has 0 radical (unpaired) electrons. The van der Waals surface area contributed by atoms with Crippen molar-refractivity contribution in [2.75, 3.05) is 80.7 Å². The van der Waals surface area contributed by atoms with Crippen molar-refractivity contribution in [3.8, 4) is 23.0 Å². The molecule has 0 aliphatic rings. The van der Waals surface area contributed by atoms with Gasteiger partial charge < -0.3 is 38.3 Å². The van der Waals surface area contributed by atoms with E-state index < -0.39 is 11.9 Å². The van der Waals surface area contributed by atoms with Crippen LogP contribution in [0.5, 0.6) is 23.0 Å². The Bertz CT molecular complexity index is 1010. The molecule has 0 heterocycles. The number of carbonyl (C=O) groups is 1. The molecule has 0 aromatic heterocycles. The molecule has 2 rings (SSSR count). The molecular formula is C30H45NO9. The Labute approximate surface area is 238 Å². The Balaban J connectivity index is 1.88. The van der Waals surface area contributed by atoms with Crippen molar-refractivity contribution in [3.63, 3.8) is 0 Å². The first-order chi connectivity index (χ1) is 19.4. The number of nitrogens with zero attached hydrogens (tertiary/aromatic N) is 1. The summed E-state index contributed by atoms with van der Waals surface area (Å²) in [6.45, 7) is 11.6. The van der Waals surface area contributed by atoms with Gasteiger partial charge in [0.05, 0.1) is 54.4 Å². The second kappa shape index (κ2) is 18.5. The van der Waals surface area contributed by atoms with Crippen molar-refractivity contribution < 1.29 is 43.1 Å². The first kappa shape index (κ1) is 33.3. The largest absolute Gasteiger partial charge is 0.493 e. The molecule has 10 heteroatoms. The number of ketones is 1. The number of hydrogen-bond acceptors (Lipinski definition) is 10. The van der Waals surface area contributed by atoms with Gasteiger partial charge in [-0.15, -0.1) is 0 Å². The molecule has 2 aromatic carbocycles. The van der Waals surface area contributed by atoms with E-state index >= 15 is 0 Å². The Morgan fingerprint density at radius 1 is 0.750 bits per heavy atom. The molecule has 224 valence electrons. The first-order valence-corrected chi connectivity index (χ1v) is 13.6. The predicted molar refractivity (Wildman–Crippen MR) is 152 cm³/mol. The molecule has 0 saturated heterocycles. The molecule has 0 aliphatic heterocycles. The van der Waals surface area contributed by atoms with E-state index in [1.165, 1.54) is 21.3 Å². The van der Waals surface area contributed by atoms with Gasteiger partial charge in [-0.25, -0.2) is 0 Å². The Morgan fingerprint density at radius 3 is 1.95 bits per heavy atom. The maximum Gasteiger partial charge on any atom is 0.195 e. The van der Waals surface area contributed by atoms with Gasteiger partial charge in [0.25, 0.3) is 0 Å². The first-order valence-electron chi connectivity index (χ1n) is 13.6. The van der Waals surface area contributed by atoms with Crippen molar-refractivity contribution >= 4 is 5.78 Å². The molecule has 1 atom stereocenters. The summed E-state index contributed by atoms with van der Waals surface area (Å²) in [5.41, 5.74) is 0.697. The molecular weight excluding hydrogens is 518 g/mol. The third-order valence-electron chi connectivity index (χ3n) is 6.26. The molecule has 0 fully saturated rings. The van der Waals surface area contributed by atoms with Gasteiger partial charge in [0, 0.05) is 31.3 Å². The zero-order chi connectivity index (χ0) is 29.3. The fourth-order valence-corrected chi connectivity index (χ4v) is 3.94. The van der Waals surface area contributed by atoms with E-state index in [9.17, 15) is 9.90 Å². The number of ether oxygens (including phenoxy) is 7. The van der Waals surface area contributed by atoms with E-state index in [4.69, 9.17) is 33.2 Å². The summed E-state index contributed by atoms with van der Waals surface area (Å²) >= 11 is 0. The lowest BCUT2D eigenvalue weighted by Gasteiger charge is -2.26. The van der Waals surface area contributed by atoms with E-state index in [0.29, 0.717) is 93.0 Å². The van der Waals surface area contributed by atoms with Crippen LogP contribution in [0.15, 0.2) is 36.4 Å². The number of aliphatic hydroxyl groups excluding tert-OH is 1. The zero-order valence-corrected chi connectivity index (χ0v) is 24.6. The molecule has 1 N–H and O–H groups in total. The van der Waals surface area contributed by atoms with Crippen LogP contribution in [0.3, 0.4) is 0 Å². The van der Waals surface area contributed by atoms with Crippen LogP contribution >= 0.6 is 0 Å². The highest BCUT2D eigenvalue weighted by Gasteiger charge is 2.22. The van der Waals surface area contributed by atoms with Crippen LogP contribution in [0.25, 0.3) is 0 Å². The van der Waals surface area contributed by atoms with E-state index in [-0.39, 0.29) is 0 Å². The highest BCUT2D eigenvalue weighted by Crippen LogP contribution is 2.33. The number of aliphatic hydroxyl groups is 1. The maximum absolute atomic E-state index is 13.0. The minimum Gasteiger partial charge on any atom is -0.493 e. The quantitative estimate of drug-likeness (QED) is 0.178. The van der Waals surface area contributed by atoms with E-state index in [1.807, 2.05) is 6.92 Å². The molecule has 0 spiro atoms. The van der Waals surface area contributed by atoms with Gasteiger partial charge in [-0.05, 0) is 56.7 Å². The summed E-state index contributed by atoms with van der Waals surface area (Å²) in [5, 5.41) is 10.8. The van der Waals surface area contributed by atoms with Gasteiger partial charge >= 0.3 is 0 Å². The monoisotopic (exact) mass is 563 g/mol. The van der Waals surface area contributed by atoms with Gasteiger partial charge in [0.15, 0.2) is 28.8 Å². The minimum absolute atomic E-state index is 0.302. The average molecular weight is 564 g/mol. The lowest BCUT2D eigenvalue weighted by atomic mass is 9.99. The summed E-state index contributed by atoms with van der Waals surface area (Å²) in [6, 6.07) is 10.1. The van der Waals surface area contributed by atoms with Gasteiger partial charge in [-0.2, -0.15) is 0 Å². The summed E-state index contributed by atoms with van der Waals surface area (Å²) < 4.78 is 38.4. The van der Waals surface area contributed by atoms with Crippen LogP contribution in [0, 0.1) is 0 Å². The zero-order valence-electron chi connectivity index (χ0n) is 24.6. The maximum atomic E-state index is 13.0. The third-order valence-corrected chi connectivity index (χ3v) is 6.26. The molecule has 10 nitrogen and oxygen atoms in total. The smallest absolute Gasteiger partial charge is 0.195 e. The summed E-state index contributed by atoms with van der Waals surface area (Å²) in [5.74, 6) is 1.40. The Kier molecular flexibility index (Phi) is 15.4. The topological polar surface area (TPSA) is 105 Å². The third kappa shape index (κ3) is 10.6. The van der Waals surface area contributed by atoms with Gasteiger partial charge in [-0.3, -0.25) is 9.69 Å². The lowest BCUT2D eigenvalue weighted by Crippen LogP contribution is -2.37. The van der Waals surface area contributed by atoms with E-state index in [2.05, 4.69) is 18.7 Å². The van der Waals surface area contributed by atoms with Gasteiger partial charge in [0.1, 0.15) is 12.7 Å². The van der Waals surface area contributed by atoms with E-state index in [1.54, 1.807) is 36.4 Å². The summed E-state index contributed by atoms with van der Waals surface area (Å²) in [4.78, 5) is 15.2. The standard InChI is InChI=1S/C30H45NO9/c1-7-37-16-17-39-19-18-38-14-12-31(22(2)3)13-15-40-26-11-9-24(21-28(26)36-6)30(33)29(32)23-8-10-25(34-4)27(20-23)35-5/h8-11,20-22,30,33H,7,12-19H2,1-6H3. The van der Waals surface area contributed by atoms with Crippen LogP contribution < -0.4 is 18.9 Å². The average Bonchev–Trinajstić information content (AvgIpc) is 2.97. The normalized spacial score (nSPS) is 12.0. The van der Waals surface area contributed by atoms with Crippen molar-refractivity contribution in [2.24, 2.45) is 0 Å². The minimum atomic E-state index is -1.38. The fraction of sp³-hybridized carbons (Fsp3) is 0.567.